The molecule has 100 valence electrons. The Morgan fingerprint density at radius 1 is 1.50 bits per heavy atom. The maximum Gasteiger partial charge on any atom is 0.223 e. The lowest BCUT2D eigenvalue weighted by molar-refractivity contribution is -0.124. The lowest BCUT2D eigenvalue weighted by Gasteiger charge is -2.20. The molecule has 2 N–H and O–H groups in total. The van der Waals surface area contributed by atoms with Crippen LogP contribution in [0.5, 0.6) is 0 Å². The molecule has 0 radical (unpaired) electrons. The van der Waals surface area contributed by atoms with Crippen molar-refractivity contribution in [2.75, 3.05) is 33.0 Å². The van der Waals surface area contributed by atoms with Crippen LogP contribution in [0.3, 0.4) is 0 Å². The summed E-state index contributed by atoms with van der Waals surface area (Å²) in [6.45, 7) is 3.37. The van der Waals surface area contributed by atoms with Crippen molar-refractivity contribution in [2.24, 2.45) is 5.92 Å². The van der Waals surface area contributed by atoms with E-state index in [2.05, 4.69) is 20.5 Å². The summed E-state index contributed by atoms with van der Waals surface area (Å²) in [7, 11) is 5.54. The molecule has 0 aliphatic carbocycles. The fourth-order valence-electron chi connectivity index (χ4n) is 1.86. The molecule has 0 spiro atoms. The summed E-state index contributed by atoms with van der Waals surface area (Å²) in [5.41, 5.74) is 2.04. The summed E-state index contributed by atoms with van der Waals surface area (Å²) in [6.07, 6.45) is 1.79. The predicted molar refractivity (Wildman–Crippen MR) is 73.3 cm³/mol. The average molecular weight is 250 g/mol. The Balaban J connectivity index is 2.53. The van der Waals surface area contributed by atoms with E-state index in [1.54, 1.807) is 13.2 Å². The van der Waals surface area contributed by atoms with E-state index in [-0.39, 0.29) is 11.8 Å². The third-order valence-electron chi connectivity index (χ3n) is 2.82. The van der Waals surface area contributed by atoms with E-state index in [1.165, 1.54) is 0 Å². The molecule has 0 aromatic carbocycles. The Labute approximate surface area is 109 Å². The number of hydrogen-bond acceptors (Lipinski definition) is 4. The number of aromatic nitrogens is 1. The predicted octanol–water partition coefficient (Wildman–Crippen LogP) is 0.937. The highest BCUT2D eigenvalue weighted by atomic mass is 16.1. The van der Waals surface area contributed by atoms with Crippen molar-refractivity contribution in [1.29, 1.82) is 0 Å². The van der Waals surface area contributed by atoms with Crippen molar-refractivity contribution in [1.82, 2.24) is 15.2 Å². The smallest absolute Gasteiger partial charge is 0.223 e. The Bertz CT molecular complexity index is 394. The minimum atomic E-state index is -0.0208. The number of anilines is 1. The van der Waals surface area contributed by atoms with E-state index in [9.17, 15) is 4.79 Å². The summed E-state index contributed by atoms with van der Waals surface area (Å²) in [5, 5.41) is 5.75. The van der Waals surface area contributed by atoms with Gasteiger partial charge < -0.3 is 10.6 Å². The Morgan fingerprint density at radius 3 is 2.83 bits per heavy atom. The van der Waals surface area contributed by atoms with Crippen LogP contribution in [-0.2, 0) is 11.3 Å². The zero-order valence-electron chi connectivity index (χ0n) is 11.5. The molecule has 1 amide bonds. The number of carbonyl (C=O) groups excluding carboxylic acids is 1. The molecular weight excluding hydrogens is 228 g/mol. The second kappa shape index (κ2) is 6.96. The van der Waals surface area contributed by atoms with Gasteiger partial charge in [-0.25, -0.2) is 0 Å². The topological polar surface area (TPSA) is 57.3 Å². The van der Waals surface area contributed by atoms with Crippen LogP contribution in [0.4, 0.5) is 5.69 Å². The highest BCUT2D eigenvalue weighted by Crippen LogP contribution is 2.09. The monoisotopic (exact) mass is 250 g/mol. The molecule has 5 nitrogen and oxygen atoms in total. The minimum Gasteiger partial charge on any atom is -0.388 e. The largest absolute Gasteiger partial charge is 0.388 e. The summed E-state index contributed by atoms with van der Waals surface area (Å²) in [4.78, 5) is 17.9. The van der Waals surface area contributed by atoms with Crippen LogP contribution in [0.2, 0.25) is 0 Å². The molecule has 5 heteroatoms. The van der Waals surface area contributed by atoms with Crippen molar-refractivity contribution >= 4 is 11.6 Å². The van der Waals surface area contributed by atoms with Crippen LogP contribution >= 0.6 is 0 Å². The summed E-state index contributed by atoms with van der Waals surface area (Å²) in [6, 6.07) is 3.94. The number of pyridine rings is 1. The first kappa shape index (κ1) is 14.4. The van der Waals surface area contributed by atoms with Gasteiger partial charge in [-0.2, -0.15) is 0 Å². The second-order valence-electron chi connectivity index (χ2n) is 4.50. The van der Waals surface area contributed by atoms with Gasteiger partial charge >= 0.3 is 0 Å². The molecule has 1 unspecified atom stereocenters. The zero-order valence-corrected chi connectivity index (χ0v) is 11.5. The van der Waals surface area contributed by atoms with E-state index >= 15 is 0 Å². The lowest BCUT2D eigenvalue weighted by Crippen LogP contribution is -2.34. The molecule has 0 aliphatic heterocycles. The van der Waals surface area contributed by atoms with Crippen molar-refractivity contribution in [3.05, 3.63) is 24.0 Å². The van der Waals surface area contributed by atoms with Crippen LogP contribution < -0.4 is 10.6 Å². The maximum atomic E-state index is 11.4. The summed E-state index contributed by atoms with van der Waals surface area (Å²) in [5.74, 6) is 0.0475. The molecule has 0 aliphatic rings. The van der Waals surface area contributed by atoms with Gasteiger partial charge in [-0.3, -0.25) is 14.7 Å². The van der Waals surface area contributed by atoms with Crippen LogP contribution in [0.15, 0.2) is 18.3 Å². The number of nitrogens with zero attached hydrogens (tertiary/aromatic N) is 2. The van der Waals surface area contributed by atoms with Crippen molar-refractivity contribution < 1.29 is 4.79 Å². The van der Waals surface area contributed by atoms with E-state index in [0.29, 0.717) is 6.54 Å². The third kappa shape index (κ3) is 4.33. The molecule has 18 heavy (non-hydrogen) atoms. The number of amides is 1. The second-order valence-corrected chi connectivity index (χ2v) is 4.50. The molecule has 0 fully saturated rings. The Morgan fingerprint density at radius 2 is 2.22 bits per heavy atom. The molecular formula is C13H22N4O. The van der Waals surface area contributed by atoms with Crippen LogP contribution in [0, 0.1) is 5.92 Å². The fraction of sp³-hybridized carbons (Fsp3) is 0.538. The molecule has 0 saturated carbocycles. The number of nitrogens with one attached hydrogen (secondary N) is 2. The molecule has 0 bridgehead atoms. The fourth-order valence-corrected chi connectivity index (χ4v) is 1.86. The van der Waals surface area contributed by atoms with Crippen molar-refractivity contribution in [3.8, 4) is 0 Å². The molecule has 1 aromatic rings. The zero-order chi connectivity index (χ0) is 13.5. The Hall–Kier alpha value is -1.62. The van der Waals surface area contributed by atoms with E-state index < -0.39 is 0 Å². The van der Waals surface area contributed by atoms with Crippen LogP contribution in [-0.4, -0.2) is 43.5 Å². The highest BCUT2D eigenvalue weighted by Gasteiger charge is 2.13. The van der Waals surface area contributed by atoms with Crippen molar-refractivity contribution in [2.45, 2.75) is 13.5 Å². The SMILES string of the molecule is CNC(=O)C(C)CN(C)Cc1cc(NC)ccn1. The molecule has 1 rings (SSSR count). The first-order valence-corrected chi connectivity index (χ1v) is 6.09. The molecule has 0 saturated heterocycles. The average Bonchev–Trinajstić information content (AvgIpc) is 2.37. The van der Waals surface area contributed by atoms with Gasteiger partial charge in [0, 0.05) is 45.0 Å². The summed E-state index contributed by atoms with van der Waals surface area (Å²) < 4.78 is 0. The van der Waals surface area contributed by atoms with E-state index in [0.717, 1.165) is 17.9 Å². The van der Waals surface area contributed by atoms with Gasteiger partial charge in [-0.05, 0) is 19.2 Å². The van der Waals surface area contributed by atoms with Crippen molar-refractivity contribution in [3.63, 3.8) is 0 Å². The minimum absolute atomic E-state index is 0.0208. The molecule has 1 heterocycles. The van der Waals surface area contributed by atoms with Gasteiger partial charge in [0.2, 0.25) is 5.91 Å². The first-order valence-electron chi connectivity index (χ1n) is 6.09. The quantitative estimate of drug-likeness (QED) is 0.789. The standard InChI is InChI=1S/C13H22N4O/c1-10(13(18)15-3)8-17(4)9-12-7-11(14-2)5-6-16-12/h5-7,10H,8-9H2,1-4H3,(H,14,16)(H,15,18). The number of hydrogen-bond donors (Lipinski definition) is 2. The van der Waals surface area contributed by atoms with E-state index in [1.807, 2.05) is 33.2 Å². The van der Waals surface area contributed by atoms with Gasteiger partial charge in [0.15, 0.2) is 0 Å². The number of rotatable bonds is 6. The Kier molecular flexibility index (Phi) is 5.58. The molecule has 1 atom stereocenters. The van der Waals surface area contributed by atoms with Gasteiger partial charge in [-0.15, -0.1) is 0 Å². The molecule has 1 aromatic heterocycles. The van der Waals surface area contributed by atoms with Gasteiger partial charge in [0.25, 0.3) is 0 Å². The third-order valence-corrected chi connectivity index (χ3v) is 2.82. The summed E-state index contributed by atoms with van der Waals surface area (Å²) >= 11 is 0. The normalized spacial score (nSPS) is 12.3. The van der Waals surface area contributed by atoms with Gasteiger partial charge in [0.1, 0.15) is 0 Å². The maximum absolute atomic E-state index is 11.4. The highest BCUT2D eigenvalue weighted by molar-refractivity contribution is 5.78. The van der Waals surface area contributed by atoms with Crippen LogP contribution in [0.25, 0.3) is 0 Å². The number of carbonyl (C=O) groups is 1. The van der Waals surface area contributed by atoms with Gasteiger partial charge in [-0.1, -0.05) is 6.92 Å². The van der Waals surface area contributed by atoms with Crippen LogP contribution in [0.1, 0.15) is 12.6 Å². The van der Waals surface area contributed by atoms with E-state index in [4.69, 9.17) is 0 Å². The first-order chi connectivity index (χ1) is 8.56. The van der Waals surface area contributed by atoms with Gasteiger partial charge in [0.05, 0.1) is 5.69 Å². The lowest BCUT2D eigenvalue weighted by atomic mass is 10.1.